The third kappa shape index (κ3) is 8.81. The van der Waals surface area contributed by atoms with Gasteiger partial charge in [0, 0.05) is 72.0 Å². The van der Waals surface area contributed by atoms with Crippen molar-refractivity contribution in [3.8, 4) is 22.5 Å². The molecule has 12 nitrogen and oxygen atoms in total. The summed E-state index contributed by atoms with van der Waals surface area (Å²) in [5.74, 6) is -0.775. The second-order valence-corrected chi connectivity index (χ2v) is 15.6. The number of carbonyl (C=O) groups excluding carboxylic acids is 4. The average molecular weight is 895 g/mol. The summed E-state index contributed by atoms with van der Waals surface area (Å²) in [5, 5.41) is 12.3. The van der Waals surface area contributed by atoms with Gasteiger partial charge in [-0.1, -0.05) is 71.7 Å². The Morgan fingerprint density at radius 2 is 0.967 bits per heavy atom. The van der Waals surface area contributed by atoms with E-state index >= 15 is 0 Å². The molecule has 2 aliphatic rings. The van der Waals surface area contributed by atoms with E-state index in [9.17, 15) is 19.2 Å². The van der Waals surface area contributed by atoms with Crippen molar-refractivity contribution in [1.82, 2.24) is 29.4 Å². The number of esters is 2. The topological polar surface area (TPSA) is 129 Å². The van der Waals surface area contributed by atoms with E-state index in [-0.39, 0.29) is 74.4 Å². The molecule has 8 rings (SSSR count). The van der Waals surface area contributed by atoms with E-state index in [0.717, 1.165) is 44.3 Å². The number of hydrogen-bond acceptors (Lipinski definition) is 10. The molecule has 6 aromatic rings. The maximum Gasteiger partial charge on any atom is 0.305 e. The normalized spacial score (nSPS) is 12.4. The fraction of sp³-hybridized carbons (Fsp3) is 0.318. The van der Waals surface area contributed by atoms with Gasteiger partial charge in [0.1, 0.15) is 24.6 Å². The zero-order valence-corrected chi connectivity index (χ0v) is 36.3. The molecule has 0 fully saturated rings. The number of nitrogens with zero attached hydrogens (tertiary/aromatic N) is 6. The zero-order valence-electron chi connectivity index (χ0n) is 33.1. The quantitative estimate of drug-likeness (QED) is 0.0653. The molecule has 0 spiro atoms. The molecule has 0 saturated heterocycles. The van der Waals surface area contributed by atoms with Gasteiger partial charge in [-0.2, -0.15) is 10.2 Å². The largest absolute Gasteiger partial charge is 0.464 e. The number of ether oxygens (including phenoxy) is 2. The summed E-state index contributed by atoms with van der Waals surface area (Å²) in [6.07, 6.45) is 1.51. The van der Waals surface area contributed by atoms with Gasteiger partial charge < -0.3 is 19.3 Å². The van der Waals surface area contributed by atoms with Gasteiger partial charge >= 0.3 is 11.9 Å². The van der Waals surface area contributed by atoms with Crippen molar-refractivity contribution in [2.24, 2.45) is 0 Å². The molecular formula is C44H44Cl4N6O6. The molecule has 0 amide bonds. The highest BCUT2D eigenvalue weighted by molar-refractivity contribution is 6.39. The lowest BCUT2D eigenvalue weighted by atomic mass is 9.87. The number of aromatic nitrogens is 4. The Bertz CT molecular complexity index is 2430. The first kappa shape index (κ1) is 44.7. The number of rotatable bonds is 17. The van der Waals surface area contributed by atoms with Gasteiger partial charge in [-0.3, -0.25) is 28.5 Å². The number of carbonyl (C=O) groups is 4. The average Bonchev–Trinajstić information content (AvgIpc) is 3.78. The third-order valence-corrected chi connectivity index (χ3v) is 11.5. The predicted molar refractivity (Wildman–Crippen MR) is 237 cm³/mol. The van der Waals surface area contributed by atoms with Crippen LogP contribution in [0, 0.1) is 0 Å². The lowest BCUT2D eigenvalue weighted by Crippen LogP contribution is -2.28. The highest BCUT2D eigenvalue weighted by Gasteiger charge is 2.32. The number of benzene rings is 4. The molecule has 60 heavy (non-hydrogen) atoms. The lowest BCUT2D eigenvalue weighted by molar-refractivity contribution is -0.146. The van der Waals surface area contributed by atoms with E-state index in [1.807, 2.05) is 84.1 Å². The fourth-order valence-corrected chi connectivity index (χ4v) is 8.32. The SMILES string of the molecule is CN(CCOC(=O)CCCCC(=O)OCCN(C)CCn1nc2c3c(cccc31)C(=O)c1c(Cl)cccc1-2)CCn1nc2c3c(cccc31)C(=O)c1c(Cl)cccc1-2.Cl.Cl. The van der Waals surface area contributed by atoms with E-state index in [0.29, 0.717) is 84.4 Å². The Balaban J connectivity index is 0.00000302. The molecule has 0 saturated carbocycles. The van der Waals surface area contributed by atoms with E-state index in [1.54, 1.807) is 12.1 Å². The van der Waals surface area contributed by atoms with E-state index in [4.69, 9.17) is 42.9 Å². The molecule has 0 N–H and O–H groups in total. The van der Waals surface area contributed by atoms with Gasteiger partial charge in [0.25, 0.3) is 0 Å². The fourth-order valence-electron chi connectivity index (χ4n) is 7.80. The standard InChI is InChI=1S/C44H42Cl2N6O6.2ClH/c1-49(19-21-51-33-15-7-11-29-39(33)41(47-51)27-9-5-13-31(45)37(27)43(29)55)23-25-57-35(53)17-3-4-18-36(54)58-26-24-50(2)20-22-52-34-16-8-12-30-40(34)42(48-52)28-10-6-14-32(46)38(28)44(30)56;;/h5-16H,3-4,17-26H2,1-2H3;2*1H. The molecule has 0 radical (unpaired) electrons. The van der Waals surface area contributed by atoms with Crippen LogP contribution >= 0.6 is 48.0 Å². The minimum atomic E-state index is -0.298. The minimum Gasteiger partial charge on any atom is -0.464 e. The molecule has 4 aromatic carbocycles. The van der Waals surface area contributed by atoms with Crippen molar-refractivity contribution in [3.05, 3.63) is 105 Å². The van der Waals surface area contributed by atoms with Gasteiger partial charge in [0.15, 0.2) is 11.6 Å². The molecular weight excluding hydrogens is 850 g/mol. The number of halogens is 4. The first-order valence-corrected chi connectivity index (χ1v) is 20.2. The monoisotopic (exact) mass is 892 g/mol. The Morgan fingerprint density at radius 1 is 0.583 bits per heavy atom. The molecule has 16 heteroatoms. The van der Waals surface area contributed by atoms with Crippen LogP contribution in [0.25, 0.3) is 44.3 Å². The van der Waals surface area contributed by atoms with Gasteiger partial charge in [-0.05, 0) is 51.2 Å². The molecule has 0 aliphatic heterocycles. The third-order valence-electron chi connectivity index (χ3n) is 10.9. The van der Waals surface area contributed by atoms with Crippen LogP contribution in [-0.2, 0) is 32.2 Å². The van der Waals surface area contributed by atoms with Crippen LogP contribution in [0.1, 0.15) is 57.5 Å². The number of unbranched alkanes of at least 4 members (excludes halogenated alkanes) is 1. The van der Waals surface area contributed by atoms with Crippen molar-refractivity contribution in [3.63, 3.8) is 0 Å². The van der Waals surface area contributed by atoms with Crippen LogP contribution in [-0.4, -0.2) is 106 Å². The summed E-state index contributed by atoms with van der Waals surface area (Å²) in [4.78, 5) is 55.4. The second-order valence-electron chi connectivity index (χ2n) is 14.8. The molecule has 2 heterocycles. The summed E-state index contributed by atoms with van der Waals surface area (Å²) in [5.41, 5.74) is 6.98. The highest BCUT2D eigenvalue weighted by atomic mass is 35.5. The van der Waals surface area contributed by atoms with E-state index in [2.05, 4.69) is 9.80 Å². The van der Waals surface area contributed by atoms with Crippen LogP contribution in [0.4, 0.5) is 0 Å². The molecule has 314 valence electrons. The van der Waals surface area contributed by atoms with Crippen LogP contribution in [0.5, 0.6) is 0 Å². The smallest absolute Gasteiger partial charge is 0.305 e. The van der Waals surface area contributed by atoms with Crippen LogP contribution in [0.3, 0.4) is 0 Å². The molecule has 2 aromatic heterocycles. The summed E-state index contributed by atoms with van der Waals surface area (Å²) in [6.45, 7) is 4.08. The molecule has 0 unspecified atom stereocenters. The Hall–Kier alpha value is -4.82. The predicted octanol–water partition coefficient (Wildman–Crippen LogP) is 8.17. The number of likely N-dealkylation sites (N-methyl/N-ethyl adjacent to an activating group) is 2. The number of fused-ring (bicyclic) bond motifs is 4. The van der Waals surface area contributed by atoms with Crippen molar-refractivity contribution >= 4 is 93.3 Å². The van der Waals surface area contributed by atoms with Crippen molar-refractivity contribution < 1.29 is 28.7 Å². The van der Waals surface area contributed by atoms with Crippen molar-refractivity contribution in [1.29, 1.82) is 0 Å². The molecule has 0 bridgehead atoms. The maximum atomic E-state index is 13.3. The van der Waals surface area contributed by atoms with E-state index < -0.39 is 0 Å². The van der Waals surface area contributed by atoms with Crippen molar-refractivity contribution in [2.75, 3.05) is 53.5 Å². The van der Waals surface area contributed by atoms with E-state index in [1.165, 1.54) is 0 Å². The Kier molecular flexibility index (Phi) is 14.4. The maximum absolute atomic E-state index is 13.3. The summed E-state index contributed by atoms with van der Waals surface area (Å²) in [6, 6.07) is 22.2. The molecule has 2 aliphatic carbocycles. The number of ketones is 2. The molecule has 0 atom stereocenters. The van der Waals surface area contributed by atoms with Gasteiger partial charge in [-0.25, -0.2) is 0 Å². The van der Waals surface area contributed by atoms with Crippen molar-refractivity contribution in [2.45, 2.75) is 38.8 Å². The first-order valence-electron chi connectivity index (χ1n) is 19.4. The first-order chi connectivity index (χ1) is 28.1. The summed E-state index contributed by atoms with van der Waals surface area (Å²) < 4.78 is 14.8. The Morgan fingerprint density at radius 3 is 1.38 bits per heavy atom. The van der Waals surface area contributed by atoms with Gasteiger partial charge in [0.05, 0.1) is 45.3 Å². The minimum absolute atomic E-state index is 0. The summed E-state index contributed by atoms with van der Waals surface area (Å²) >= 11 is 12.8. The van der Waals surface area contributed by atoms with Gasteiger partial charge in [-0.15, -0.1) is 24.8 Å². The van der Waals surface area contributed by atoms with Crippen LogP contribution < -0.4 is 0 Å². The Labute approximate surface area is 369 Å². The lowest BCUT2D eigenvalue weighted by Gasteiger charge is -2.17. The second kappa shape index (κ2) is 19.3. The summed E-state index contributed by atoms with van der Waals surface area (Å²) in [7, 11) is 3.91. The number of hydrogen-bond donors (Lipinski definition) is 0. The zero-order chi connectivity index (χ0) is 40.5. The van der Waals surface area contributed by atoms with Crippen LogP contribution in [0.2, 0.25) is 10.0 Å². The van der Waals surface area contributed by atoms with Gasteiger partial charge in [0.2, 0.25) is 0 Å². The van der Waals surface area contributed by atoms with Crippen LogP contribution in [0.15, 0.2) is 72.8 Å². The highest BCUT2D eigenvalue weighted by Crippen LogP contribution is 2.42.